The molecule has 1 saturated carbocycles. The van der Waals surface area contributed by atoms with Crippen molar-refractivity contribution < 1.29 is 28.8 Å². The molecular weight excluding hydrogens is 522 g/mol. The Labute approximate surface area is 242 Å². The molecule has 2 fully saturated rings. The van der Waals surface area contributed by atoms with Crippen molar-refractivity contribution in [3.63, 3.8) is 0 Å². The molecule has 6 rings (SSSR count). The van der Waals surface area contributed by atoms with E-state index in [0.717, 1.165) is 49.7 Å². The normalized spacial score (nSPS) is 23.8. The van der Waals surface area contributed by atoms with Crippen LogP contribution in [0.2, 0.25) is 0 Å². The summed E-state index contributed by atoms with van der Waals surface area (Å²) in [6, 6.07) is 7.46. The zero-order valence-electron chi connectivity index (χ0n) is 24.4. The first-order valence-corrected chi connectivity index (χ1v) is 15.1. The number of pyridine rings is 1. The molecule has 9 nitrogen and oxygen atoms in total. The molecule has 41 heavy (non-hydrogen) atoms. The second-order valence-corrected chi connectivity index (χ2v) is 13.4. The SMILES string of the molecule is CC(C)(C)Cc1cnc2c(c1)[C@@H](NC[C@H](O)[C@H](Cc1ccc3c(c1)OCO3)NC(=O)[C@H]1CCCO1)CC1(CCC1)O2. The van der Waals surface area contributed by atoms with Gasteiger partial charge in [0, 0.05) is 37.4 Å². The highest BCUT2D eigenvalue weighted by Gasteiger charge is 2.46. The predicted octanol–water partition coefficient (Wildman–Crippen LogP) is 4.00. The zero-order chi connectivity index (χ0) is 28.6. The van der Waals surface area contributed by atoms with Gasteiger partial charge in [0.1, 0.15) is 11.7 Å². The minimum absolute atomic E-state index is 0.00109. The second kappa shape index (κ2) is 11.4. The summed E-state index contributed by atoms with van der Waals surface area (Å²) in [7, 11) is 0. The molecule has 1 spiro atoms. The molecule has 4 atom stereocenters. The van der Waals surface area contributed by atoms with Crippen molar-refractivity contribution in [1.82, 2.24) is 15.6 Å². The monoisotopic (exact) mass is 565 g/mol. The van der Waals surface area contributed by atoms with Gasteiger partial charge in [-0.15, -0.1) is 0 Å². The van der Waals surface area contributed by atoms with E-state index in [9.17, 15) is 9.90 Å². The number of benzene rings is 1. The van der Waals surface area contributed by atoms with E-state index in [1.165, 1.54) is 5.56 Å². The van der Waals surface area contributed by atoms with Crippen LogP contribution in [0.25, 0.3) is 0 Å². The van der Waals surface area contributed by atoms with E-state index in [0.29, 0.717) is 43.4 Å². The van der Waals surface area contributed by atoms with Crippen LogP contribution in [0.4, 0.5) is 0 Å². The summed E-state index contributed by atoms with van der Waals surface area (Å²) in [5.74, 6) is 1.92. The van der Waals surface area contributed by atoms with Crippen LogP contribution in [0.15, 0.2) is 30.5 Å². The van der Waals surface area contributed by atoms with Crippen LogP contribution in [0, 0.1) is 5.41 Å². The van der Waals surface area contributed by atoms with Crippen molar-refractivity contribution in [3.05, 3.63) is 47.2 Å². The quantitative estimate of drug-likeness (QED) is 0.419. The number of hydrogen-bond acceptors (Lipinski definition) is 8. The Bertz CT molecular complexity index is 1250. The predicted molar refractivity (Wildman–Crippen MR) is 153 cm³/mol. The third-order valence-electron chi connectivity index (χ3n) is 8.68. The molecule has 3 aliphatic heterocycles. The fraction of sp³-hybridized carbons (Fsp3) is 0.625. The van der Waals surface area contributed by atoms with Crippen LogP contribution in [-0.2, 0) is 22.4 Å². The van der Waals surface area contributed by atoms with Crippen molar-refractivity contribution in [2.75, 3.05) is 19.9 Å². The van der Waals surface area contributed by atoms with Gasteiger partial charge in [-0.25, -0.2) is 4.98 Å². The summed E-state index contributed by atoms with van der Waals surface area (Å²) in [5.41, 5.74) is 3.14. The molecule has 0 bridgehead atoms. The summed E-state index contributed by atoms with van der Waals surface area (Å²) in [5, 5.41) is 18.3. The van der Waals surface area contributed by atoms with Gasteiger partial charge in [-0.05, 0) is 79.7 Å². The third-order valence-corrected chi connectivity index (χ3v) is 8.68. The molecule has 0 unspecified atom stereocenters. The Balaban J connectivity index is 1.19. The largest absolute Gasteiger partial charge is 0.471 e. The van der Waals surface area contributed by atoms with Crippen LogP contribution in [0.3, 0.4) is 0 Å². The maximum Gasteiger partial charge on any atom is 0.249 e. The van der Waals surface area contributed by atoms with Crippen molar-refractivity contribution in [2.24, 2.45) is 5.41 Å². The fourth-order valence-corrected chi connectivity index (χ4v) is 6.42. The lowest BCUT2D eigenvalue weighted by molar-refractivity contribution is -0.131. The number of rotatable bonds is 9. The summed E-state index contributed by atoms with van der Waals surface area (Å²) in [4.78, 5) is 17.8. The molecule has 1 amide bonds. The maximum absolute atomic E-state index is 13.1. The van der Waals surface area contributed by atoms with Crippen LogP contribution in [-0.4, -0.2) is 59.8 Å². The molecule has 0 radical (unpaired) electrons. The Kier molecular flexibility index (Phi) is 7.87. The highest BCUT2D eigenvalue weighted by atomic mass is 16.7. The van der Waals surface area contributed by atoms with Crippen LogP contribution in [0.5, 0.6) is 17.4 Å². The number of fused-ring (bicyclic) bond motifs is 2. The number of ether oxygens (including phenoxy) is 4. The van der Waals surface area contributed by atoms with Gasteiger partial charge in [0.25, 0.3) is 0 Å². The van der Waals surface area contributed by atoms with Crippen LogP contribution < -0.4 is 24.8 Å². The van der Waals surface area contributed by atoms with Crippen molar-refractivity contribution in [2.45, 2.75) is 102 Å². The average Bonchev–Trinajstić information content (AvgIpc) is 3.61. The Hall–Kier alpha value is -2.88. The molecule has 222 valence electrons. The molecule has 1 aromatic carbocycles. The van der Waals surface area contributed by atoms with E-state index in [4.69, 9.17) is 23.9 Å². The number of amides is 1. The van der Waals surface area contributed by atoms with Gasteiger partial charge in [0.2, 0.25) is 18.6 Å². The Morgan fingerprint density at radius 3 is 2.71 bits per heavy atom. The van der Waals surface area contributed by atoms with E-state index in [2.05, 4.69) is 37.5 Å². The second-order valence-electron chi connectivity index (χ2n) is 13.4. The lowest BCUT2D eigenvalue weighted by atomic mass is 9.73. The number of carbonyl (C=O) groups is 1. The minimum atomic E-state index is -0.833. The molecular formula is C32H43N3O6. The molecule has 4 aliphatic rings. The Morgan fingerprint density at radius 2 is 1.98 bits per heavy atom. The van der Waals surface area contributed by atoms with Gasteiger partial charge in [-0.2, -0.15) is 0 Å². The van der Waals surface area contributed by atoms with Crippen LogP contribution in [0.1, 0.15) is 82.0 Å². The third kappa shape index (κ3) is 6.47. The van der Waals surface area contributed by atoms with Crippen LogP contribution >= 0.6 is 0 Å². The minimum Gasteiger partial charge on any atom is -0.471 e. The molecule has 4 heterocycles. The fourth-order valence-electron chi connectivity index (χ4n) is 6.42. The molecule has 3 N–H and O–H groups in total. The first-order valence-electron chi connectivity index (χ1n) is 15.1. The highest BCUT2D eigenvalue weighted by molar-refractivity contribution is 5.81. The lowest BCUT2D eigenvalue weighted by Gasteiger charge is -2.47. The number of aliphatic hydroxyl groups excluding tert-OH is 1. The highest BCUT2D eigenvalue weighted by Crippen LogP contribution is 2.48. The molecule has 1 saturated heterocycles. The number of aliphatic hydroxyl groups is 1. The standard InChI is InChI=1S/C32H43N3O6/c1-31(2,3)15-21-12-22-24(16-32(9-5-10-32)41-30(22)34-17-21)33-18-25(36)23(35-29(37)27-6-4-11-38-27)13-20-7-8-26-28(14-20)40-19-39-26/h7-8,12,14,17,23-25,27,33,36H,4-6,9-11,13,15-16,18-19H2,1-3H3,(H,35,37)/t23-,24-,25-,27+/m0/s1. The summed E-state index contributed by atoms with van der Waals surface area (Å²) >= 11 is 0. The van der Waals surface area contributed by atoms with Crippen molar-refractivity contribution in [1.29, 1.82) is 0 Å². The molecule has 9 heteroatoms. The number of carbonyl (C=O) groups excluding carboxylic acids is 1. The van der Waals surface area contributed by atoms with Crippen molar-refractivity contribution >= 4 is 5.91 Å². The number of hydrogen-bond donors (Lipinski definition) is 3. The van der Waals surface area contributed by atoms with E-state index in [1.807, 2.05) is 24.4 Å². The number of nitrogens with one attached hydrogen (secondary N) is 2. The summed E-state index contributed by atoms with van der Waals surface area (Å²) in [6.07, 6.45) is 7.59. The molecule has 2 aromatic rings. The first kappa shape index (κ1) is 28.2. The van der Waals surface area contributed by atoms with E-state index >= 15 is 0 Å². The molecule has 1 aromatic heterocycles. The van der Waals surface area contributed by atoms with Gasteiger partial charge in [-0.3, -0.25) is 4.79 Å². The zero-order valence-corrected chi connectivity index (χ0v) is 24.4. The smallest absolute Gasteiger partial charge is 0.249 e. The number of nitrogens with zero attached hydrogens (tertiary/aromatic N) is 1. The number of aromatic nitrogens is 1. The van der Waals surface area contributed by atoms with Crippen molar-refractivity contribution in [3.8, 4) is 17.4 Å². The van der Waals surface area contributed by atoms with Gasteiger partial charge in [0.05, 0.1) is 12.1 Å². The summed E-state index contributed by atoms with van der Waals surface area (Å²) in [6.45, 7) is 7.78. The maximum atomic E-state index is 13.1. The Morgan fingerprint density at radius 1 is 1.15 bits per heavy atom. The summed E-state index contributed by atoms with van der Waals surface area (Å²) < 4.78 is 23.1. The van der Waals surface area contributed by atoms with Gasteiger partial charge in [0.15, 0.2) is 11.5 Å². The van der Waals surface area contributed by atoms with E-state index in [-0.39, 0.29) is 29.8 Å². The topological polar surface area (TPSA) is 111 Å². The molecule has 1 aliphatic carbocycles. The lowest BCUT2D eigenvalue weighted by Crippen LogP contribution is -2.53. The first-order chi connectivity index (χ1) is 19.7. The van der Waals surface area contributed by atoms with E-state index < -0.39 is 18.2 Å². The van der Waals surface area contributed by atoms with Gasteiger partial charge >= 0.3 is 0 Å². The van der Waals surface area contributed by atoms with E-state index in [1.54, 1.807) is 0 Å². The van der Waals surface area contributed by atoms with Gasteiger partial charge < -0.3 is 34.7 Å². The van der Waals surface area contributed by atoms with Gasteiger partial charge in [-0.1, -0.05) is 26.8 Å². The average molecular weight is 566 g/mol.